The number of benzene rings is 2. The number of nitriles is 1. The van der Waals surface area contributed by atoms with Crippen molar-refractivity contribution in [3.63, 3.8) is 0 Å². The number of amides is 1. The number of pyridine rings is 1. The molecule has 4 fully saturated rings. The van der Waals surface area contributed by atoms with Crippen molar-refractivity contribution in [1.29, 1.82) is 5.26 Å². The Bertz CT molecular complexity index is 2270. The molecule has 0 saturated heterocycles. The molecule has 0 radical (unpaired) electrons. The van der Waals surface area contributed by atoms with Crippen LogP contribution in [0.15, 0.2) is 60.7 Å². The second kappa shape index (κ2) is 12.3. The van der Waals surface area contributed by atoms with E-state index in [4.69, 9.17) is 9.72 Å². The fourth-order valence-corrected chi connectivity index (χ4v) is 11.3. The number of anilines is 2. The van der Waals surface area contributed by atoms with Crippen molar-refractivity contribution in [2.75, 3.05) is 23.9 Å². The molecule has 264 valence electrons. The van der Waals surface area contributed by atoms with Crippen molar-refractivity contribution in [2.24, 2.45) is 17.3 Å². The average Bonchev–Trinajstić information content (AvgIpc) is 3.69. The highest BCUT2D eigenvalue weighted by atomic mass is 32.1. The van der Waals surface area contributed by atoms with Crippen LogP contribution in [0.25, 0.3) is 21.3 Å². The number of carboxylic acids is 1. The van der Waals surface area contributed by atoms with Crippen LogP contribution >= 0.6 is 11.3 Å². The predicted molar refractivity (Wildman–Crippen MR) is 200 cm³/mol. The minimum atomic E-state index is -1.13. The third kappa shape index (κ3) is 5.47. The molecule has 4 aliphatic carbocycles. The van der Waals surface area contributed by atoms with Crippen molar-refractivity contribution in [3.8, 4) is 17.2 Å². The van der Waals surface area contributed by atoms with E-state index in [1.54, 1.807) is 0 Å². The van der Waals surface area contributed by atoms with E-state index in [0.717, 1.165) is 71.2 Å². The fraction of sp³-hybridized carbons (Fsp3) is 0.390. The summed E-state index contributed by atoms with van der Waals surface area (Å²) in [5.74, 6) is 0.487. The third-order valence-electron chi connectivity index (χ3n) is 12.3. The van der Waals surface area contributed by atoms with Crippen molar-refractivity contribution < 1.29 is 19.4 Å². The Hall–Kier alpha value is -5.05. The fourth-order valence-electron chi connectivity index (χ4n) is 10.4. The summed E-state index contributed by atoms with van der Waals surface area (Å²) in [6.45, 7) is 3.76. The standard InChI is InChI=1S/C41H40N6O4S/c1-24-31(15-28(20-42)47(24)23-40-16-25-14-26(17-40)19-41(18-25,22-40)51-2)29-10-11-35(44-36(29)38(49)50)46-13-12-27-6-5-7-30(32(27)21-46)37(48)45-39-43-33-8-3-4-9-34(33)52-39/h3-11,15,25-26H,12-14,16-19,21-23H2,1-2H3,(H,49,50)(H,43,45,48). The number of aromatic carboxylic acids is 1. The number of hydrogen-bond acceptors (Lipinski definition) is 8. The molecule has 1 aliphatic heterocycles. The van der Waals surface area contributed by atoms with Gasteiger partial charge in [0.15, 0.2) is 10.8 Å². The highest BCUT2D eigenvalue weighted by Gasteiger charge is 2.58. The molecule has 2 aromatic carbocycles. The van der Waals surface area contributed by atoms with Crippen molar-refractivity contribution >= 4 is 44.4 Å². The Morgan fingerprint density at radius 3 is 2.62 bits per heavy atom. The molecule has 2 unspecified atom stereocenters. The highest BCUT2D eigenvalue weighted by Crippen LogP contribution is 2.63. The Labute approximate surface area is 306 Å². The second-order valence-corrected chi connectivity index (χ2v) is 16.5. The quantitative estimate of drug-likeness (QED) is 0.166. The maximum absolute atomic E-state index is 13.6. The van der Waals surface area contributed by atoms with E-state index < -0.39 is 5.97 Å². The number of carboxylic acid groups (broad SMARTS) is 1. The number of carbonyl (C=O) groups is 2. The summed E-state index contributed by atoms with van der Waals surface area (Å²) >= 11 is 1.43. The lowest BCUT2D eigenvalue weighted by Gasteiger charge is -2.61. The average molecular weight is 713 g/mol. The summed E-state index contributed by atoms with van der Waals surface area (Å²) in [5, 5.41) is 24.3. The van der Waals surface area contributed by atoms with Crippen LogP contribution in [0.4, 0.5) is 10.9 Å². The maximum atomic E-state index is 13.6. The Kier molecular flexibility index (Phi) is 7.75. The number of ether oxygens (including phenoxy) is 1. The SMILES string of the molecule is COC12CC3CC(CC(Cn4c(C#N)cc(-c5ccc(N6CCc7cccc(C(=O)Nc8nc9ccccc9s8)c7C6)nc5C(=O)O)c4C)(C3)C1)C2. The first-order valence-corrected chi connectivity index (χ1v) is 18.9. The molecular weight excluding hydrogens is 673 g/mol. The summed E-state index contributed by atoms with van der Waals surface area (Å²) in [7, 11) is 1.86. The lowest BCUT2D eigenvalue weighted by molar-refractivity contribution is -0.183. The van der Waals surface area contributed by atoms with Gasteiger partial charge in [-0.05, 0) is 117 Å². The number of para-hydroxylation sites is 1. The summed E-state index contributed by atoms with van der Waals surface area (Å²) in [6.07, 6.45) is 7.51. The van der Waals surface area contributed by atoms with Crippen LogP contribution in [-0.4, -0.2) is 50.8 Å². The molecule has 52 heavy (non-hydrogen) atoms. The van der Waals surface area contributed by atoms with Crippen LogP contribution in [0.3, 0.4) is 0 Å². The zero-order chi connectivity index (χ0) is 35.8. The molecule has 4 bridgehead atoms. The van der Waals surface area contributed by atoms with Crippen LogP contribution in [0, 0.1) is 35.5 Å². The number of rotatable bonds is 8. The van der Waals surface area contributed by atoms with Gasteiger partial charge in [-0.1, -0.05) is 35.6 Å². The lowest BCUT2D eigenvalue weighted by atomic mass is 9.48. The molecule has 4 saturated carbocycles. The van der Waals surface area contributed by atoms with Crippen LogP contribution in [0.2, 0.25) is 0 Å². The van der Waals surface area contributed by atoms with Gasteiger partial charge in [-0.2, -0.15) is 5.26 Å². The maximum Gasteiger partial charge on any atom is 0.355 e. The van der Waals surface area contributed by atoms with Crippen LogP contribution in [0.5, 0.6) is 0 Å². The van der Waals surface area contributed by atoms with E-state index in [1.807, 2.05) is 79.6 Å². The van der Waals surface area contributed by atoms with Gasteiger partial charge in [-0.15, -0.1) is 0 Å². The Morgan fingerprint density at radius 2 is 1.87 bits per heavy atom. The normalized spacial score (nSPS) is 24.5. The van der Waals surface area contributed by atoms with E-state index in [1.165, 1.54) is 17.8 Å². The van der Waals surface area contributed by atoms with Gasteiger partial charge in [0.1, 0.15) is 17.6 Å². The molecule has 5 aliphatic rings. The molecule has 4 heterocycles. The molecule has 11 heteroatoms. The largest absolute Gasteiger partial charge is 0.476 e. The van der Waals surface area contributed by atoms with Crippen LogP contribution in [0.1, 0.15) is 81.9 Å². The molecule has 0 spiro atoms. The van der Waals surface area contributed by atoms with Gasteiger partial charge < -0.3 is 19.3 Å². The highest BCUT2D eigenvalue weighted by molar-refractivity contribution is 7.22. The van der Waals surface area contributed by atoms with Gasteiger partial charge in [0, 0.05) is 49.1 Å². The van der Waals surface area contributed by atoms with Crippen LogP contribution < -0.4 is 10.2 Å². The van der Waals surface area contributed by atoms with Gasteiger partial charge in [-0.25, -0.2) is 14.8 Å². The zero-order valence-electron chi connectivity index (χ0n) is 29.3. The first kappa shape index (κ1) is 32.8. The molecule has 10 nitrogen and oxygen atoms in total. The minimum absolute atomic E-state index is 0.0527. The van der Waals surface area contributed by atoms with Crippen molar-refractivity contribution in [3.05, 3.63) is 94.4 Å². The molecule has 1 amide bonds. The monoisotopic (exact) mass is 712 g/mol. The number of carbonyl (C=O) groups excluding carboxylic acids is 1. The van der Waals surface area contributed by atoms with E-state index in [9.17, 15) is 20.0 Å². The molecule has 2 N–H and O–H groups in total. The third-order valence-corrected chi connectivity index (χ3v) is 13.2. The van der Waals surface area contributed by atoms with Crippen molar-refractivity contribution in [2.45, 2.75) is 70.6 Å². The summed E-state index contributed by atoms with van der Waals surface area (Å²) < 4.78 is 9.30. The number of thiazole rings is 1. The summed E-state index contributed by atoms with van der Waals surface area (Å²) in [6, 6.07) is 21.5. The van der Waals surface area contributed by atoms with Gasteiger partial charge in [0.25, 0.3) is 5.91 Å². The molecule has 10 rings (SSSR count). The van der Waals surface area contributed by atoms with Crippen molar-refractivity contribution in [1.82, 2.24) is 14.5 Å². The first-order chi connectivity index (χ1) is 25.1. The van der Waals surface area contributed by atoms with E-state index in [2.05, 4.69) is 20.9 Å². The second-order valence-electron chi connectivity index (χ2n) is 15.5. The Morgan fingerprint density at radius 1 is 1.06 bits per heavy atom. The van der Waals surface area contributed by atoms with Gasteiger partial charge in [0.2, 0.25) is 0 Å². The number of hydrogen-bond donors (Lipinski definition) is 2. The van der Waals surface area contributed by atoms with Gasteiger partial charge in [0.05, 0.1) is 15.8 Å². The summed E-state index contributed by atoms with van der Waals surface area (Å²) in [4.78, 5) is 37.7. The van der Waals surface area contributed by atoms with E-state index >= 15 is 0 Å². The number of nitrogens with zero attached hydrogens (tertiary/aromatic N) is 5. The lowest BCUT2D eigenvalue weighted by Crippen LogP contribution is -2.57. The topological polar surface area (TPSA) is 133 Å². The Balaban J connectivity index is 0.998. The number of nitrogens with one attached hydrogen (secondary N) is 1. The molecule has 2 atom stereocenters. The number of fused-ring (bicyclic) bond motifs is 2. The first-order valence-electron chi connectivity index (χ1n) is 18.1. The van der Waals surface area contributed by atoms with E-state index in [0.29, 0.717) is 59.1 Å². The summed E-state index contributed by atoms with van der Waals surface area (Å²) in [5.41, 5.74) is 5.97. The smallest absolute Gasteiger partial charge is 0.355 e. The number of aromatic nitrogens is 3. The molecular formula is C41H40N6O4S. The predicted octanol–water partition coefficient (Wildman–Crippen LogP) is 7.84. The van der Waals surface area contributed by atoms with Gasteiger partial charge >= 0.3 is 5.97 Å². The molecule has 5 aromatic rings. The zero-order valence-corrected chi connectivity index (χ0v) is 30.1. The van der Waals surface area contributed by atoms with Gasteiger partial charge in [-0.3, -0.25) is 10.1 Å². The van der Waals surface area contributed by atoms with Crippen LogP contribution in [-0.2, 0) is 24.2 Å². The number of methoxy groups -OCH3 is 1. The van der Waals surface area contributed by atoms with E-state index in [-0.39, 0.29) is 22.6 Å². The molecule has 3 aromatic heterocycles. The minimum Gasteiger partial charge on any atom is -0.476 e.